The number of hydrogen-bond donors (Lipinski definition) is 1. The number of carbonyl (C=O) groups excluding carboxylic acids is 1. The van der Waals surface area contributed by atoms with Crippen LogP contribution in [0.2, 0.25) is 0 Å². The van der Waals surface area contributed by atoms with Gasteiger partial charge in [-0.05, 0) is 67.1 Å². The molecule has 4 rings (SSSR count). The van der Waals surface area contributed by atoms with Gasteiger partial charge in [-0.15, -0.1) is 0 Å². The van der Waals surface area contributed by atoms with E-state index in [2.05, 4.69) is 13.0 Å². The van der Waals surface area contributed by atoms with Gasteiger partial charge < -0.3 is 14.7 Å². The lowest BCUT2D eigenvalue weighted by molar-refractivity contribution is -0.142. The molecular weight excluding hydrogens is 385 g/mol. The molecule has 1 unspecified atom stereocenters. The molecule has 0 radical (unpaired) electrons. The summed E-state index contributed by atoms with van der Waals surface area (Å²) >= 11 is 0. The van der Waals surface area contributed by atoms with Crippen LogP contribution in [0.5, 0.6) is 5.75 Å². The molecule has 0 spiro atoms. The van der Waals surface area contributed by atoms with Crippen molar-refractivity contribution in [1.29, 1.82) is 0 Å². The third-order valence-corrected chi connectivity index (χ3v) is 6.74. The third kappa shape index (κ3) is 4.09. The van der Waals surface area contributed by atoms with Crippen molar-refractivity contribution in [2.75, 3.05) is 13.2 Å². The maximum atomic E-state index is 15.0. The molecule has 1 saturated heterocycles. The van der Waals surface area contributed by atoms with E-state index in [1.807, 2.05) is 6.92 Å². The molecule has 2 aliphatic carbocycles. The summed E-state index contributed by atoms with van der Waals surface area (Å²) in [5, 5.41) is 9.63. The summed E-state index contributed by atoms with van der Waals surface area (Å²) < 4.78 is 21.0. The van der Waals surface area contributed by atoms with E-state index in [-0.39, 0.29) is 17.4 Å². The lowest BCUT2D eigenvalue weighted by atomic mass is 9.97. The molecule has 6 heteroatoms. The second kappa shape index (κ2) is 8.40. The topological polar surface area (TPSA) is 66.8 Å². The van der Waals surface area contributed by atoms with Crippen LogP contribution in [0, 0.1) is 17.7 Å². The Morgan fingerprint density at radius 2 is 2.03 bits per heavy atom. The molecule has 3 aliphatic rings. The van der Waals surface area contributed by atoms with E-state index in [0.29, 0.717) is 37.7 Å². The highest BCUT2D eigenvalue weighted by molar-refractivity contribution is 5.97. The Morgan fingerprint density at radius 1 is 1.27 bits per heavy atom. The second-order valence-corrected chi connectivity index (χ2v) is 9.08. The van der Waals surface area contributed by atoms with Gasteiger partial charge in [-0.1, -0.05) is 26.3 Å². The Morgan fingerprint density at radius 3 is 2.63 bits per heavy atom. The zero-order chi connectivity index (χ0) is 21.4. The largest absolute Gasteiger partial charge is 0.489 e. The Labute approximate surface area is 176 Å². The average Bonchev–Trinajstić information content (AvgIpc) is 3.32. The molecule has 1 heterocycles. The van der Waals surface area contributed by atoms with Crippen LogP contribution >= 0.6 is 0 Å². The summed E-state index contributed by atoms with van der Waals surface area (Å²) in [7, 11) is 0. The Hall–Kier alpha value is -2.37. The van der Waals surface area contributed by atoms with Crippen LogP contribution in [0.15, 0.2) is 23.8 Å². The summed E-state index contributed by atoms with van der Waals surface area (Å²) in [5.74, 6) is -0.876. The highest BCUT2D eigenvalue weighted by Gasteiger charge is 2.42. The van der Waals surface area contributed by atoms with E-state index in [9.17, 15) is 19.1 Å². The summed E-state index contributed by atoms with van der Waals surface area (Å²) in [6, 6.07) is 2.04. The number of nitrogens with zero attached hydrogens (tertiary/aromatic N) is 1. The van der Waals surface area contributed by atoms with Crippen molar-refractivity contribution < 1.29 is 23.8 Å². The molecule has 1 amide bonds. The van der Waals surface area contributed by atoms with Crippen molar-refractivity contribution in [3.63, 3.8) is 0 Å². The van der Waals surface area contributed by atoms with Crippen LogP contribution in [0.4, 0.5) is 4.39 Å². The minimum absolute atomic E-state index is 0.0408. The van der Waals surface area contributed by atoms with Crippen LogP contribution in [0.1, 0.15) is 74.2 Å². The van der Waals surface area contributed by atoms with Gasteiger partial charge in [0.15, 0.2) is 0 Å². The van der Waals surface area contributed by atoms with Crippen molar-refractivity contribution >= 4 is 11.9 Å². The molecular formula is C24H30FNO4. The zero-order valence-corrected chi connectivity index (χ0v) is 17.7. The van der Waals surface area contributed by atoms with Gasteiger partial charge >= 0.3 is 5.97 Å². The standard InChI is InChI=1S/C24H30FNO4/c1-3-16-8-9-26(22(16)24(28)29)23(27)19-11-18(17-6-7-17)21(12-20(19)25)30-13-15-5-4-14(2)10-15/h5,11-12,14,16-17,22H,3-4,6-10,13H2,1-2H3,(H,28,29)/t14?,16-,22-/m1/s1. The minimum atomic E-state index is -1.02. The van der Waals surface area contributed by atoms with Crippen LogP contribution in [-0.2, 0) is 4.79 Å². The summed E-state index contributed by atoms with van der Waals surface area (Å²) in [6.45, 7) is 4.91. The number of carboxylic acids is 1. The number of hydrogen-bond acceptors (Lipinski definition) is 3. The molecule has 1 aromatic carbocycles. The molecule has 0 bridgehead atoms. The molecule has 162 valence electrons. The number of carboxylic acid groups (broad SMARTS) is 1. The number of amides is 1. The molecule has 1 N–H and O–H groups in total. The first kappa shape index (κ1) is 20.9. The van der Waals surface area contributed by atoms with E-state index < -0.39 is 23.7 Å². The lowest BCUT2D eigenvalue weighted by Gasteiger charge is -2.25. The molecule has 1 aliphatic heterocycles. The second-order valence-electron chi connectivity index (χ2n) is 9.08. The maximum absolute atomic E-state index is 15.0. The first-order chi connectivity index (χ1) is 14.4. The fourth-order valence-electron chi connectivity index (χ4n) is 4.85. The van der Waals surface area contributed by atoms with Crippen molar-refractivity contribution in [3.8, 4) is 5.75 Å². The fraction of sp³-hybridized carbons (Fsp3) is 0.583. The predicted molar refractivity (Wildman–Crippen MR) is 111 cm³/mol. The molecule has 0 aromatic heterocycles. The van der Waals surface area contributed by atoms with Crippen LogP contribution < -0.4 is 4.74 Å². The van der Waals surface area contributed by atoms with Crippen molar-refractivity contribution in [2.24, 2.45) is 11.8 Å². The molecule has 3 atom stereocenters. The van der Waals surface area contributed by atoms with Gasteiger partial charge in [-0.3, -0.25) is 4.79 Å². The highest BCUT2D eigenvalue weighted by atomic mass is 19.1. The minimum Gasteiger partial charge on any atom is -0.489 e. The summed E-state index contributed by atoms with van der Waals surface area (Å²) in [5.41, 5.74) is 2.06. The SMILES string of the molecule is CC[C@@H]1CCN(C(=O)c2cc(C3CC3)c(OCC3=CCC(C)C3)cc2F)[C@H]1C(=O)O. The lowest BCUT2D eigenvalue weighted by Crippen LogP contribution is -2.43. The van der Waals surface area contributed by atoms with Crippen LogP contribution in [0.3, 0.4) is 0 Å². The fourth-order valence-corrected chi connectivity index (χ4v) is 4.85. The molecule has 2 fully saturated rings. The van der Waals surface area contributed by atoms with Gasteiger partial charge in [-0.2, -0.15) is 0 Å². The predicted octanol–water partition coefficient (Wildman–Crippen LogP) is 4.76. The molecule has 1 saturated carbocycles. The normalized spacial score (nSPS) is 26.0. The average molecular weight is 416 g/mol. The monoisotopic (exact) mass is 415 g/mol. The summed E-state index contributed by atoms with van der Waals surface area (Å²) in [4.78, 5) is 26.2. The van der Waals surface area contributed by atoms with E-state index in [0.717, 1.165) is 31.2 Å². The van der Waals surface area contributed by atoms with E-state index in [1.165, 1.54) is 16.5 Å². The van der Waals surface area contributed by atoms with Crippen molar-refractivity contribution in [1.82, 2.24) is 4.90 Å². The molecule has 30 heavy (non-hydrogen) atoms. The van der Waals surface area contributed by atoms with Gasteiger partial charge in [0.1, 0.15) is 24.2 Å². The highest BCUT2D eigenvalue weighted by Crippen LogP contribution is 2.45. The maximum Gasteiger partial charge on any atom is 0.326 e. The van der Waals surface area contributed by atoms with Crippen LogP contribution in [0.25, 0.3) is 0 Å². The molecule has 1 aromatic rings. The first-order valence-corrected chi connectivity index (χ1v) is 11.1. The number of allylic oxidation sites excluding steroid dienone is 1. The Bertz CT molecular complexity index is 876. The van der Waals surface area contributed by atoms with E-state index in [1.54, 1.807) is 6.07 Å². The first-order valence-electron chi connectivity index (χ1n) is 11.1. The van der Waals surface area contributed by atoms with E-state index in [4.69, 9.17) is 4.74 Å². The zero-order valence-electron chi connectivity index (χ0n) is 17.7. The van der Waals surface area contributed by atoms with Gasteiger partial charge in [0, 0.05) is 12.6 Å². The molecule has 5 nitrogen and oxygen atoms in total. The number of rotatable bonds is 7. The van der Waals surface area contributed by atoms with Gasteiger partial charge in [-0.25, -0.2) is 9.18 Å². The Balaban J connectivity index is 1.57. The van der Waals surface area contributed by atoms with Gasteiger partial charge in [0.25, 0.3) is 5.91 Å². The number of ether oxygens (including phenoxy) is 1. The number of carbonyl (C=O) groups is 2. The number of halogens is 1. The Kier molecular flexibility index (Phi) is 5.85. The third-order valence-electron chi connectivity index (χ3n) is 6.74. The summed E-state index contributed by atoms with van der Waals surface area (Å²) in [6.07, 6.45) is 7.54. The smallest absolute Gasteiger partial charge is 0.326 e. The van der Waals surface area contributed by atoms with Crippen LogP contribution in [-0.4, -0.2) is 41.1 Å². The number of likely N-dealkylation sites (tertiary alicyclic amines) is 1. The quantitative estimate of drug-likeness (QED) is 0.652. The van der Waals surface area contributed by atoms with Gasteiger partial charge in [0.2, 0.25) is 0 Å². The van der Waals surface area contributed by atoms with Crippen molar-refractivity contribution in [2.45, 2.75) is 64.3 Å². The number of aliphatic carboxylic acids is 1. The number of benzene rings is 1. The van der Waals surface area contributed by atoms with Gasteiger partial charge in [0.05, 0.1) is 5.56 Å². The van der Waals surface area contributed by atoms with Crippen molar-refractivity contribution in [3.05, 3.63) is 40.7 Å². The van der Waals surface area contributed by atoms with E-state index >= 15 is 0 Å².